The normalized spacial score (nSPS) is 13.7. The number of rotatable bonds is 48. The molecule has 0 rings (SSSR count). The molecule has 6 nitrogen and oxygen atoms in total. The highest BCUT2D eigenvalue weighted by molar-refractivity contribution is 5.77. The van der Waals surface area contributed by atoms with E-state index in [0.717, 1.165) is 96.3 Å². The van der Waals surface area contributed by atoms with Crippen molar-refractivity contribution >= 4 is 11.9 Å². The van der Waals surface area contributed by atoms with Crippen molar-refractivity contribution in [3.63, 3.8) is 0 Å². The van der Waals surface area contributed by atoms with Crippen molar-refractivity contribution in [3.05, 3.63) is 60.8 Å². The van der Waals surface area contributed by atoms with Crippen LogP contribution in [0.1, 0.15) is 265 Å². The van der Waals surface area contributed by atoms with Crippen LogP contribution in [0.2, 0.25) is 0 Å². The van der Waals surface area contributed by atoms with E-state index < -0.39 is 18.2 Å². The van der Waals surface area contributed by atoms with Gasteiger partial charge in [-0.05, 0) is 70.6 Å². The van der Waals surface area contributed by atoms with E-state index in [9.17, 15) is 19.8 Å². The molecule has 3 N–H and O–H groups in total. The van der Waals surface area contributed by atoms with Gasteiger partial charge in [0.1, 0.15) is 6.10 Å². The Morgan fingerprint density at radius 3 is 1.29 bits per heavy atom. The second-order valence-electron chi connectivity index (χ2n) is 18.3. The van der Waals surface area contributed by atoms with Gasteiger partial charge in [0, 0.05) is 6.42 Å². The number of carbonyl (C=O) groups excluding carboxylic acids is 2. The molecule has 0 bridgehead atoms. The van der Waals surface area contributed by atoms with E-state index in [1.54, 1.807) is 0 Å². The van der Waals surface area contributed by atoms with Gasteiger partial charge in [0.25, 0.3) is 0 Å². The number of ether oxygens (including phenoxy) is 1. The van der Waals surface area contributed by atoms with Crippen LogP contribution in [-0.4, -0.2) is 46.9 Å². The third-order valence-corrected chi connectivity index (χ3v) is 12.1. The minimum atomic E-state index is -0.793. The van der Waals surface area contributed by atoms with E-state index in [2.05, 4.69) is 86.8 Å². The number of allylic oxidation sites excluding steroid dienone is 10. The van der Waals surface area contributed by atoms with Gasteiger partial charge >= 0.3 is 5.97 Å². The van der Waals surface area contributed by atoms with Crippen molar-refractivity contribution in [2.45, 2.75) is 283 Å². The van der Waals surface area contributed by atoms with E-state index in [-0.39, 0.29) is 24.9 Å². The van der Waals surface area contributed by atoms with Gasteiger partial charge in [-0.3, -0.25) is 9.59 Å². The average Bonchev–Trinajstić information content (AvgIpc) is 3.28. The lowest BCUT2D eigenvalue weighted by Gasteiger charge is -2.24. The van der Waals surface area contributed by atoms with Crippen LogP contribution in [0.15, 0.2) is 60.8 Å². The number of unbranched alkanes of at least 4 members (excludes halogenated alkanes) is 26. The summed E-state index contributed by atoms with van der Waals surface area (Å²) < 4.78 is 5.92. The van der Waals surface area contributed by atoms with Crippen molar-refractivity contribution < 1.29 is 24.5 Å². The zero-order valence-electron chi connectivity index (χ0n) is 41.7. The van der Waals surface area contributed by atoms with Crippen LogP contribution in [0, 0.1) is 0 Å². The molecule has 0 heterocycles. The van der Waals surface area contributed by atoms with Crippen LogP contribution in [0.5, 0.6) is 0 Å². The van der Waals surface area contributed by atoms with Crippen LogP contribution in [0.4, 0.5) is 0 Å². The molecule has 3 unspecified atom stereocenters. The predicted molar refractivity (Wildman–Crippen MR) is 273 cm³/mol. The number of esters is 1. The fraction of sp³-hybridized carbons (Fsp3) is 0.789. The van der Waals surface area contributed by atoms with Gasteiger partial charge in [-0.2, -0.15) is 0 Å². The molecular formula is C57H103NO5. The quantitative estimate of drug-likeness (QED) is 0.0321. The molecule has 6 heteroatoms. The highest BCUT2D eigenvalue weighted by Crippen LogP contribution is 2.18. The Labute approximate surface area is 390 Å². The largest absolute Gasteiger partial charge is 0.462 e. The number of amides is 1. The van der Waals surface area contributed by atoms with Crippen molar-refractivity contribution in [1.29, 1.82) is 0 Å². The molecule has 0 saturated carbocycles. The molecule has 0 aromatic carbocycles. The highest BCUT2D eigenvalue weighted by Gasteiger charge is 2.24. The van der Waals surface area contributed by atoms with Crippen molar-refractivity contribution in [3.8, 4) is 0 Å². The second kappa shape index (κ2) is 50.6. The molecule has 0 fully saturated rings. The molecule has 0 aliphatic rings. The predicted octanol–water partition coefficient (Wildman–Crippen LogP) is 16.4. The van der Waals surface area contributed by atoms with Crippen LogP contribution in [-0.2, 0) is 14.3 Å². The summed E-state index contributed by atoms with van der Waals surface area (Å²) in [5.41, 5.74) is 0. The Morgan fingerprint density at radius 1 is 0.476 bits per heavy atom. The van der Waals surface area contributed by atoms with Gasteiger partial charge in [0.05, 0.1) is 25.2 Å². The smallest absolute Gasteiger partial charge is 0.306 e. The second-order valence-corrected chi connectivity index (χ2v) is 18.3. The summed E-state index contributed by atoms with van der Waals surface area (Å²) in [4.78, 5) is 26.1. The third-order valence-electron chi connectivity index (χ3n) is 12.1. The summed E-state index contributed by atoms with van der Waals surface area (Å²) in [6, 6.07) is -0.708. The topological polar surface area (TPSA) is 95.9 Å². The molecule has 3 atom stereocenters. The molecule has 0 radical (unpaired) electrons. The highest BCUT2D eigenvalue weighted by atomic mass is 16.5. The molecule has 0 aromatic heterocycles. The van der Waals surface area contributed by atoms with Crippen molar-refractivity contribution in [1.82, 2.24) is 5.32 Å². The summed E-state index contributed by atoms with van der Waals surface area (Å²) >= 11 is 0. The maximum atomic E-state index is 13.2. The number of aliphatic hydroxyl groups excluding tert-OH is 2. The molecule has 63 heavy (non-hydrogen) atoms. The standard InChI is InChI=1S/C57H103NO5/c1-4-7-10-13-16-19-22-24-26-27-28-29-31-33-35-38-41-44-47-50-57(62)63-53(48-45-42-39-36-21-18-15-12-9-6-3)51-56(61)58-54(52-59)55(60)49-46-43-40-37-34-32-30-25-23-20-17-14-11-8-5-2/h7,10,16,19,24,26,28-29,33,35,53-55,59-60H,4-6,8-9,11-15,17-18,20-23,25,27,30-32,34,36-52H2,1-3H3,(H,58,61)/b10-7-,19-16-,26-24-,29-28-,35-33-. The fourth-order valence-electron chi connectivity index (χ4n) is 8.05. The number of aliphatic hydroxyl groups is 2. The minimum absolute atomic E-state index is 0.0649. The third kappa shape index (κ3) is 45.9. The lowest BCUT2D eigenvalue weighted by Crippen LogP contribution is -2.46. The van der Waals surface area contributed by atoms with Crippen LogP contribution < -0.4 is 5.32 Å². The molecule has 0 aromatic rings. The van der Waals surface area contributed by atoms with Crippen LogP contribution in [0.25, 0.3) is 0 Å². The maximum Gasteiger partial charge on any atom is 0.306 e. The molecule has 366 valence electrons. The van der Waals surface area contributed by atoms with E-state index >= 15 is 0 Å². The Balaban J connectivity index is 4.52. The van der Waals surface area contributed by atoms with Crippen LogP contribution in [0.3, 0.4) is 0 Å². The Morgan fingerprint density at radius 2 is 0.857 bits per heavy atom. The van der Waals surface area contributed by atoms with Gasteiger partial charge < -0.3 is 20.3 Å². The average molecular weight is 882 g/mol. The minimum Gasteiger partial charge on any atom is -0.462 e. The number of nitrogens with one attached hydrogen (secondary N) is 1. The van der Waals surface area contributed by atoms with Gasteiger partial charge in [-0.15, -0.1) is 0 Å². The summed E-state index contributed by atoms with van der Waals surface area (Å²) in [5, 5.41) is 23.8. The summed E-state index contributed by atoms with van der Waals surface area (Å²) in [5.74, 6) is -0.506. The fourth-order valence-corrected chi connectivity index (χ4v) is 8.05. The molecule has 0 spiro atoms. The zero-order chi connectivity index (χ0) is 45.9. The lowest BCUT2D eigenvalue weighted by atomic mass is 10.0. The monoisotopic (exact) mass is 882 g/mol. The van der Waals surface area contributed by atoms with E-state index in [1.807, 2.05) is 0 Å². The Hall–Kier alpha value is -2.44. The summed E-state index contributed by atoms with van der Waals surface area (Å²) in [6.45, 7) is 6.37. The molecular weight excluding hydrogens is 779 g/mol. The van der Waals surface area contributed by atoms with Gasteiger partial charge in [0.2, 0.25) is 5.91 Å². The molecule has 0 saturated heterocycles. The maximum absolute atomic E-state index is 13.2. The first-order valence-electron chi connectivity index (χ1n) is 27.0. The Kier molecular flexibility index (Phi) is 48.6. The van der Waals surface area contributed by atoms with E-state index in [4.69, 9.17) is 4.74 Å². The first-order valence-corrected chi connectivity index (χ1v) is 27.0. The molecule has 1 amide bonds. The Bertz CT molecular complexity index is 1130. The number of hydrogen-bond acceptors (Lipinski definition) is 5. The zero-order valence-corrected chi connectivity index (χ0v) is 41.7. The van der Waals surface area contributed by atoms with E-state index in [0.29, 0.717) is 19.3 Å². The number of carbonyl (C=O) groups is 2. The van der Waals surface area contributed by atoms with Crippen LogP contribution >= 0.6 is 0 Å². The summed E-state index contributed by atoms with van der Waals surface area (Å²) in [6.07, 6.45) is 62.8. The SMILES string of the molecule is CC/C=C\C/C=C\C/C=C\C/C=C\C/C=C\CCCCCC(=O)OC(CCCCCCCCCCCC)CC(=O)NC(CO)C(O)CCCCCCCCCCCCCCCCC. The van der Waals surface area contributed by atoms with Crippen molar-refractivity contribution in [2.75, 3.05) is 6.61 Å². The first-order chi connectivity index (χ1) is 31.0. The van der Waals surface area contributed by atoms with Gasteiger partial charge in [-0.1, -0.05) is 242 Å². The summed E-state index contributed by atoms with van der Waals surface area (Å²) in [7, 11) is 0. The van der Waals surface area contributed by atoms with E-state index in [1.165, 1.54) is 122 Å². The molecule has 0 aliphatic heterocycles. The van der Waals surface area contributed by atoms with Gasteiger partial charge in [-0.25, -0.2) is 0 Å². The molecule has 0 aliphatic carbocycles. The van der Waals surface area contributed by atoms with Gasteiger partial charge in [0.15, 0.2) is 0 Å². The van der Waals surface area contributed by atoms with Crippen molar-refractivity contribution in [2.24, 2.45) is 0 Å². The first kappa shape index (κ1) is 60.6. The lowest BCUT2D eigenvalue weighted by molar-refractivity contribution is -0.151. The number of hydrogen-bond donors (Lipinski definition) is 3.